The quantitative estimate of drug-likeness (QED) is 0.728. The normalized spacial score (nSPS) is 29.4. The van der Waals surface area contributed by atoms with Crippen molar-refractivity contribution in [1.29, 1.82) is 0 Å². The number of aryl methyl sites for hydroxylation is 1. The number of rotatable bonds is 1. The molecule has 0 amide bonds. The second-order valence-electron chi connectivity index (χ2n) is 4.07. The van der Waals surface area contributed by atoms with Gasteiger partial charge in [0.25, 0.3) is 0 Å². The molecule has 2 N–H and O–H groups in total. The molecule has 1 aliphatic rings. The van der Waals surface area contributed by atoms with E-state index in [1.54, 1.807) is 0 Å². The highest BCUT2D eigenvalue weighted by molar-refractivity contribution is 5.12. The predicted molar refractivity (Wildman–Crippen MR) is 53.8 cm³/mol. The zero-order chi connectivity index (χ0) is 10.1. The van der Waals surface area contributed by atoms with Gasteiger partial charge in [0.2, 0.25) is 0 Å². The van der Waals surface area contributed by atoms with Crippen molar-refractivity contribution in [1.82, 2.24) is 9.88 Å². The Kier molecular flexibility index (Phi) is 2.56. The highest BCUT2D eigenvalue weighted by Crippen LogP contribution is 2.29. The Bertz CT molecular complexity index is 310. The van der Waals surface area contributed by atoms with Gasteiger partial charge in [0.05, 0.1) is 11.7 Å². The van der Waals surface area contributed by atoms with Crippen LogP contribution in [0.2, 0.25) is 0 Å². The number of hydrogen-bond donors (Lipinski definition) is 1. The number of aromatic nitrogens is 1. The molecule has 0 saturated carbocycles. The van der Waals surface area contributed by atoms with Gasteiger partial charge in [0.1, 0.15) is 5.76 Å². The second-order valence-corrected chi connectivity index (χ2v) is 4.07. The molecule has 0 bridgehead atoms. The molecule has 4 nitrogen and oxygen atoms in total. The van der Waals surface area contributed by atoms with Crippen LogP contribution in [-0.4, -0.2) is 29.5 Å². The molecule has 2 unspecified atom stereocenters. The molecule has 1 fully saturated rings. The first-order valence-corrected chi connectivity index (χ1v) is 5.04. The Morgan fingerprint density at radius 1 is 1.64 bits per heavy atom. The monoisotopic (exact) mass is 195 g/mol. The van der Waals surface area contributed by atoms with Crippen molar-refractivity contribution in [2.45, 2.75) is 31.8 Å². The summed E-state index contributed by atoms with van der Waals surface area (Å²) in [4.78, 5) is 6.56. The van der Waals surface area contributed by atoms with Crippen LogP contribution >= 0.6 is 0 Å². The molecule has 78 valence electrons. The predicted octanol–water partition coefficient (Wildman–Crippen LogP) is 1.08. The molecule has 2 rings (SSSR count). The van der Waals surface area contributed by atoms with Gasteiger partial charge in [-0.05, 0) is 33.4 Å². The fraction of sp³-hybridized carbons (Fsp3) is 0.700. The van der Waals surface area contributed by atoms with Crippen molar-refractivity contribution < 1.29 is 4.42 Å². The van der Waals surface area contributed by atoms with Crippen molar-refractivity contribution >= 4 is 0 Å². The van der Waals surface area contributed by atoms with E-state index in [-0.39, 0.29) is 0 Å². The van der Waals surface area contributed by atoms with E-state index in [1.807, 2.05) is 6.92 Å². The lowest BCUT2D eigenvalue weighted by Gasteiger charge is -2.34. The summed E-state index contributed by atoms with van der Waals surface area (Å²) in [6.45, 7) is 2.99. The summed E-state index contributed by atoms with van der Waals surface area (Å²) in [7, 11) is 2.12. The SMILES string of the molecule is Cc1ocnc1C1CC(N)CCN1C. The van der Waals surface area contributed by atoms with E-state index in [0.717, 1.165) is 30.8 Å². The van der Waals surface area contributed by atoms with Crippen LogP contribution in [0.25, 0.3) is 0 Å². The first-order valence-electron chi connectivity index (χ1n) is 5.04. The van der Waals surface area contributed by atoms with Gasteiger partial charge < -0.3 is 10.2 Å². The van der Waals surface area contributed by atoms with Crippen LogP contribution in [0.1, 0.15) is 30.3 Å². The van der Waals surface area contributed by atoms with E-state index in [9.17, 15) is 0 Å². The molecule has 4 heteroatoms. The highest BCUT2D eigenvalue weighted by atomic mass is 16.3. The van der Waals surface area contributed by atoms with Gasteiger partial charge in [0, 0.05) is 6.04 Å². The standard InChI is InChI=1S/C10H17N3O/c1-7-10(12-6-14-7)9-5-8(11)3-4-13(9)2/h6,8-9H,3-5,11H2,1-2H3. The van der Waals surface area contributed by atoms with E-state index in [0.29, 0.717) is 12.1 Å². The van der Waals surface area contributed by atoms with Crippen LogP contribution < -0.4 is 5.73 Å². The molecular weight excluding hydrogens is 178 g/mol. The molecular formula is C10H17N3O. The minimum absolute atomic E-state index is 0.298. The third kappa shape index (κ3) is 1.67. The second kappa shape index (κ2) is 3.71. The Labute approximate surface area is 84.1 Å². The fourth-order valence-corrected chi connectivity index (χ4v) is 2.06. The van der Waals surface area contributed by atoms with Crippen molar-refractivity contribution in [3.05, 3.63) is 17.8 Å². The van der Waals surface area contributed by atoms with Crippen molar-refractivity contribution in [3.63, 3.8) is 0 Å². The maximum atomic E-state index is 5.96. The molecule has 2 heterocycles. The van der Waals surface area contributed by atoms with Gasteiger partial charge in [-0.2, -0.15) is 0 Å². The molecule has 14 heavy (non-hydrogen) atoms. The lowest BCUT2D eigenvalue weighted by Crippen LogP contribution is -2.40. The van der Waals surface area contributed by atoms with Crippen molar-refractivity contribution in [2.24, 2.45) is 5.73 Å². The largest absolute Gasteiger partial charge is 0.448 e. The molecule has 2 atom stereocenters. The Balaban J connectivity index is 2.20. The van der Waals surface area contributed by atoms with Crippen LogP contribution in [0.5, 0.6) is 0 Å². The molecule has 1 aliphatic heterocycles. The fourth-order valence-electron chi connectivity index (χ4n) is 2.06. The van der Waals surface area contributed by atoms with Crippen LogP contribution in [0, 0.1) is 6.92 Å². The smallest absolute Gasteiger partial charge is 0.181 e. The molecule has 1 saturated heterocycles. The summed E-state index contributed by atoms with van der Waals surface area (Å²) < 4.78 is 5.22. The minimum atomic E-state index is 0.298. The maximum absolute atomic E-state index is 5.96. The van der Waals surface area contributed by atoms with Gasteiger partial charge in [-0.1, -0.05) is 0 Å². The number of hydrogen-bond acceptors (Lipinski definition) is 4. The van der Waals surface area contributed by atoms with Crippen molar-refractivity contribution in [2.75, 3.05) is 13.6 Å². The topological polar surface area (TPSA) is 55.3 Å². The average molecular weight is 195 g/mol. The molecule has 0 radical (unpaired) electrons. The van der Waals surface area contributed by atoms with Crippen LogP contribution in [0.3, 0.4) is 0 Å². The van der Waals surface area contributed by atoms with E-state index >= 15 is 0 Å². The molecule has 0 aromatic carbocycles. The highest BCUT2D eigenvalue weighted by Gasteiger charge is 2.28. The van der Waals surface area contributed by atoms with Gasteiger partial charge in [-0.25, -0.2) is 4.98 Å². The average Bonchev–Trinajstić information content (AvgIpc) is 2.56. The van der Waals surface area contributed by atoms with Gasteiger partial charge in [-0.3, -0.25) is 4.90 Å². The molecule has 0 aliphatic carbocycles. The Morgan fingerprint density at radius 3 is 3.07 bits per heavy atom. The van der Waals surface area contributed by atoms with Crippen LogP contribution in [0.15, 0.2) is 10.8 Å². The lowest BCUT2D eigenvalue weighted by molar-refractivity contribution is 0.167. The summed E-state index contributed by atoms with van der Waals surface area (Å²) >= 11 is 0. The van der Waals surface area contributed by atoms with E-state index < -0.39 is 0 Å². The number of piperidine rings is 1. The van der Waals surface area contributed by atoms with E-state index in [4.69, 9.17) is 10.2 Å². The summed E-state index contributed by atoms with van der Waals surface area (Å²) in [5.41, 5.74) is 7.00. The zero-order valence-corrected chi connectivity index (χ0v) is 8.73. The van der Waals surface area contributed by atoms with Gasteiger partial charge in [-0.15, -0.1) is 0 Å². The van der Waals surface area contributed by atoms with Gasteiger partial charge >= 0.3 is 0 Å². The third-order valence-electron chi connectivity index (χ3n) is 3.01. The van der Waals surface area contributed by atoms with Crippen LogP contribution in [-0.2, 0) is 0 Å². The molecule has 0 spiro atoms. The first-order chi connectivity index (χ1) is 6.68. The van der Waals surface area contributed by atoms with Crippen molar-refractivity contribution in [3.8, 4) is 0 Å². The summed E-state index contributed by atoms with van der Waals surface area (Å²) in [5.74, 6) is 0.913. The summed E-state index contributed by atoms with van der Waals surface area (Å²) in [6, 6.07) is 0.629. The number of oxazole rings is 1. The number of likely N-dealkylation sites (tertiary alicyclic amines) is 1. The van der Waals surface area contributed by atoms with E-state index in [2.05, 4.69) is 16.9 Å². The first kappa shape index (κ1) is 9.68. The number of nitrogens with two attached hydrogens (primary N) is 1. The lowest BCUT2D eigenvalue weighted by atomic mass is 9.95. The summed E-state index contributed by atoms with van der Waals surface area (Å²) in [6.07, 6.45) is 3.56. The zero-order valence-electron chi connectivity index (χ0n) is 8.73. The Morgan fingerprint density at radius 2 is 2.43 bits per heavy atom. The maximum Gasteiger partial charge on any atom is 0.181 e. The molecule has 1 aromatic rings. The minimum Gasteiger partial charge on any atom is -0.448 e. The van der Waals surface area contributed by atoms with Gasteiger partial charge in [0.15, 0.2) is 6.39 Å². The number of nitrogens with zero attached hydrogens (tertiary/aromatic N) is 2. The van der Waals surface area contributed by atoms with Crippen LogP contribution in [0.4, 0.5) is 0 Å². The summed E-state index contributed by atoms with van der Waals surface area (Å²) in [5, 5.41) is 0. The van der Waals surface area contributed by atoms with E-state index in [1.165, 1.54) is 6.39 Å². The molecule has 1 aromatic heterocycles. The third-order valence-corrected chi connectivity index (χ3v) is 3.01. The Hall–Kier alpha value is -0.870.